The molecule has 0 aliphatic heterocycles. The van der Waals surface area contributed by atoms with Crippen LogP contribution < -0.4 is 0 Å². The second kappa shape index (κ2) is 6.07. The predicted octanol–water partition coefficient (Wildman–Crippen LogP) is -3.26. The molecule has 0 amide bonds. The molecule has 0 fully saturated rings. The van der Waals surface area contributed by atoms with Crippen LogP contribution in [0.15, 0.2) is 0 Å². The Hall–Kier alpha value is 1.94. The van der Waals surface area contributed by atoms with E-state index in [0.717, 1.165) is 0 Å². The van der Waals surface area contributed by atoms with Crippen molar-refractivity contribution in [3.63, 3.8) is 0 Å². The van der Waals surface area contributed by atoms with Gasteiger partial charge in [0.25, 0.3) is 0 Å². The Balaban J connectivity index is -0.0000000800. The summed E-state index contributed by atoms with van der Waals surface area (Å²) in [6.45, 7) is 0. The Morgan fingerprint density at radius 2 is 0.857 bits per heavy atom. The van der Waals surface area contributed by atoms with Gasteiger partial charge in [-0.15, -0.1) is 0 Å². The van der Waals surface area contributed by atoms with Crippen LogP contribution in [-0.2, 0) is 26.2 Å². The third-order valence-corrected chi connectivity index (χ3v) is 0. The first-order valence-corrected chi connectivity index (χ1v) is 2.68. The standard InChI is InChI=1S/Na.H4O4Si.Zr.H/c;1-5(2,3)4;;/h;1-4H;;. The van der Waals surface area contributed by atoms with Gasteiger partial charge in [-0.2, -0.15) is 0 Å². The van der Waals surface area contributed by atoms with Crippen LogP contribution in [0.5, 0.6) is 0 Å². The molecular weight excluding hydrogens is 206 g/mol. The zero-order valence-electron chi connectivity index (χ0n) is 2.79. The van der Waals surface area contributed by atoms with Crippen LogP contribution in [0.4, 0.5) is 0 Å². The van der Waals surface area contributed by atoms with Gasteiger partial charge in [0.2, 0.25) is 0 Å². The molecule has 0 unspecified atom stereocenters. The van der Waals surface area contributed by atoms with Crippen molar-refractivity contribution in [2.24, 2.45) is 0 Å². The largest absolute Gasteiger partial charge is 0 e. The van der Waals surface area contributed by atoms with Crippen LogP contribution in [-0.4, -0.2) is 57.8 Å². The van der Waals surface area contributed by atoms with Gasteiger partial charge in [0.15, 0.2) is 0 Å². The molecule has 0 aromatic rings. The number of hydrogen-bond donors (Lipinski definition) is 4. The van der Waals surface area contributed by atoms with E-state index in [2.05, 4.69) is 0 Å². The van der Waals surface area contributed by atoms with E-state index in [4.69, 9.17) is 19.2 Å². The summed E-state index contributed by atoms with van der Waals surface area (Å²) >= 11 is 0. The van der Waals surface area contributed by atoms with Gasteiger partial charge in [0, 0.05) is 26.2 Å². The summed E-state index contributed by atoms with van der Waals surface area (Å²) in [6.07, 6.45) is 0. The summed E-state index contributed by atoms with van der Waals surface area (Å²) in [7, 11) is -4.61. The fourth-order valence-corrected chi connectivity index (χ4v) is 0. The van der Waals surface area contributed by atoms with Gasteiger partial charge < -0.3 is 19.2 Å². The van der Waals surface area contributed by atoms with Crippen molar-refractivity contribution in [1.29, 1.82) is 0 Å². The van der Waals surface area contributed by atoms with E-state index in [1.165, 1.54) is 0 Å². The quantitative estimate of drug-likeness (QED) is 0.317. The van der Waals surface area contributed by atoms with Gasteiger partial charge >= 0.3 is 38.6 Å². The van der Waals surface area contributed by atoms with Crippen molar-refractivity contribution >= 4 is 38.6 Å². The molecule has 0 saturated carbocycles. The van der Waals surface area contributed by atoms with E-state index >= 15 is 0 Å². The minimum atomic E-state index is -4.61. The maximum atomic E-state index is 7.33. The minimum absolute atomic E-state index is 0. The van der Waals surface area contributed by atoms with Gasteiger partial charge in [-0.25, -0.2) is 0 Å². The number of rotatable bonds is 0. The van der Waals surface area contributed by atoms with Gasteiger partial charge in [-0.1, -0.05) is 0 Å². The molecule has 38 valence electrons. The van der Waals surface area contributed by atoms with Gasteiger partial charge in [0.05, 0.1) is 0 Å². The van der Waals surface area contributed by atoms with Crippen LogP contribution in [0.1, 0.15) is 0 Å². The van der Waals surface area contributed by atoms with Gasteiger partial charge in [-0.3, -0.25) is 0 Å². The van der Waals surface area contributed by atoms with Crippen molar-refractivity contribution < 1.29 is 45.4 Å². The van der Waals surface area contributed by atoms with Gasteiger partial charge in [0.1, 0.15) is 0 Å². The van der Waals surface area contributed by atoms with E-state index in [1.807, 2.05) is 0 Å². The van der Waals surface area contributed by atoms with E-state index in [0.29, 0.717) is 0 Å². The van der Waals surface area contributed by atoms with Crippen molar-refractivity contribution in [2.75, 3.05) is 0 Å². The molecule has 4 N–H and O–H groups in total. The maximum Gasteiger partial charge on any atom is 0 e. The predicted molar refractivity (Wildman–Crippen MR) is 21.8 cm³/mol. The minimum Gasteiger partial charge on any atom is 0 e. The summed E-state index contributed by atoms with van der Waals surface area (Å²) in [6, 6.07) is 0. The molecule has 0 spiro atoms. The molecular formula is H5NaO4SiZr. The molecule has 0 heterocycles. The molecule has 0 atom stereocenters. The maximum absolute atomic E-state index is 7.33. The Morgan fingerprint density at radius 1 is 0.857 bits per heavy atom. The first-order valence-electron chi connectivity index (χ1n) is 0.894. The van der Waals surface area contributed by atoms with Crippen LogP contribution in [0.2, 0.25) is 0 Å². The van der Waals surface area contributed by atoms with Crippen LogP contribution in [0.25, 0.3) is 0 Å². The molecule has 0 aliphatic rings. The average molecular weight is 211 g/mol. The molecule has 0 aliphatic carbocycles. The SMILES string of the molecule is O[Si](O)(O)O.[NaH].[Zr]. The summed E-state index contributed by atoms with van der Waals surface area (Å²) < 4.78 is 0. The number of hydrogen-bond acceptors (Lipinski definition) is 4. The average Bonchev–Trinajstić information content (AvgIpc) is 0.722. The molecule has 0 saturated heterocycles. The summed E-state index contributed by atoms with van der Waals surface area (Å²) in [5.74, 6) is 0. The Morgan fingerprint density at radius 3 is 0.857 bits per heavy atom. The molecule has 4 nitrogen and oxygen atoms in total. The molecule has 0 bridgehead atoms. The summed E-state index contributed by atoms with van der Waals surface area (Å²) in [5.41, 5.74) is 0. The molecule has 0 aromatic carbocycles. The monoisotopic (exact) mass is 210 g/mol. The van der Waals surface area contributed by atoms with Crippen LogP contribution in [0.3, 0.4) is 0 Å². The van der Waals surface area contributed by atoms with E-state index in [1.54, 1.807) is 0 Å². The van der Waals surface area contributed by atoms with Crippen LogP contribution in [0, 0.1) is 0 Å². The van der Waals surface area contributed by atoms with Crippen molar-refractivity contribution in [3.8, 4) is 0 Å². The van der Waals surface area contributed by atoms with E-state index in [-0.39, 0.29) is 55.8 Å². The topological polar surface area (TPSA) is 80.9 Å². The summed E-state index contributed by atoms with van der Waals surface area (Å²) in [4.78, 5) is 29.3. The second-order valence-corrected chi connectivity index (χ2v) is 1.80. The Labute approximate surface area is 83.1 Å². The summed E-state index contributed by atoms with van der Waals surface area (Å²) in [5, 5.41) is 0. The Kier molecular flexibility index (Phi) is 13.8. The van der Waals surface area contributed by atoms with Crippen molar-refractivity contribution in [1.82, 2.24) is 0 Å². The van der Waals surface area contributed by atoms with E-state index in [9.17, 15) is 0 Å². The first-order chi connectivity index (χ1) is 2.00. The zero-order chi connectivity index (χ0) is 4.50. The van der Waals surface area contributed by atoms with E-state index < -0.39 is 9.05 Å². The first kappa shape index (κ1) is 16.0. The second-order valence-electron chi connectivity index (χ2n) is 0.600. The molecule has 7 heteroatoms. The van der Waals surface area contributed by atoms with Crippen LogP contribution >= 0.6 is 0 Å². The molecule has 0 rings (SSSR count). The van der Waals surface area contributed by atoms with Crippen molar-refractivity contribution in [3.05, 3.63) is 0 Å². The normalized spacial score (nSPS) is 8.57. The fourth-order valence-electron chi connectivity index (χ4n) is 0. The zero-order valence-corrected chi connectivity index (χ0v) is 6.25. The third kappa shape index (κ3) is 74.4. The fraction of sp³-hybridized carbons (Fsp3) is 0. The molecule has 0 radical (unpaired) electrons. The smallest absolute Gasteiger partial charge is 0 e. The van der Waals surface area contributed by atoms with Gasteiger partial charge in [-0.05, 0) is 0 Å². The van der Waals surface area contributed by atoms with Crippen molar-refractivity contribution in [2.45, 2.75) is 0 Å². The Bertz CT molecular complexity index is 27.2. The molecule has 0 aromatic heterocycles. The molecule has 7 heavy (non-hydrogen) atoms. The third-order valence-electron chi connectivity index (χ3n) is 0.